The van der Waals surface area contributed by atoms with E-state index < -0.39 is 19.4 Å². The molecule has 0 aliphatic carbocycles. The first kappa shape index (κ1) is 22.2. The Hall–Kier alpha value is -2.10. The van der Waals surface area contributed by atoms with E-state index in [4.69, 9.17) is 19.3 Å². The number of rotatable bonds is 9. The number of ether oxygens (including phenoxy) is 2. The van der Waals surface area contributed by atoms with Crippen molar-refractivity contribution in [3.05, 3.63) is 35.4 Å². The van der Waals surface area contributed by atoms with E-state index in [1.54, 1.807) is 19.1 Å². The SMILES string of the molecule is C=C(C)C(=O)OCC1(C=CC)OCc2c1c(O)n(CCCOP(=O)(O)O)c2O. The van der Waals surface area contributed by atoms with Crippen LogP contribution in [0.5, 0.6) is 11.8 Å². The largest absolute Gasteiger partial charge is 0.494 e. The smallest absolute Gasteiger partial charge is 0.469 e. The lowest BCUT2D eigenvalue weighted by molar-refractivity contribution is -0.147. The predicted molar refractivity (Wildman–Crippen MR) is 97.4 cm³/mol. The Kier molecular flexibility index (Phi) is 6.74. The maximum atomic E-state index is 11.8. The first-order valence-corrected chi connectivity index (χ1v) is 9.99. The van der Waals surface area contributed by atoms with Crippen molar-refractivity contribution in [2.45, 2.75) is 39.0 Å². The van der Waals surface area contributed by atoms with Gasteiger partial charge in [0.1, 0.15) is 6.61 Å². The van der Waals surface area contributed by atoms with E-state index in [2.05, 4.69) is 11.1 Å². The molecular weight excluding hydrogens is 393 g/mol. The summed E-state index contributed by atoms with van der Waals surface area (Å²) in [5, 5.41) is 21.1. The number of carbonyl (C=O) groups excluding carboxylic acids is 1. The van der Waals surface area contributed by atoms with Crippen molar-refractivity contribution in [3.63, 3.8) is 0 Å². The highest BCUT2D eigenvalue weighted by molar-refractivity contribution is 7.46. The molecule has 0 radical (unpaired) electrons. The number of aromatic nitrogens is 1. The van der Waals surface area contributed by atoms with E-state index in [-0.39, 0.29) is 55.7 Å². The Labute approximate surface area is 161 Å². The zero-order chi connectivity index (χ0) is 21.1. The van der Waals surface area contributed by atoms with Gasteiger partial charge in [-0.2, -0.15) is 0 Å². The second kappa shape index (κ2) is 8.50. The molecule has 1 aromatic rings. The van der Waals surface area contributed by atoms with Crippen molar-refractivity contribution in [1.82, 2.24) is 4.57 Å². The van der Waals surface area contributed by atoms with Gasteiger partial charge in [0.05, 0.1) is 18.8 Å². The minimum atomic E-state index is -4.59. The van der Waals surface area contributed by atoms with Crippen molar-refractivity contribution in [2.75, 3.05) is 13.2 Å². The van der Waals surface area contributed by atoms with Gasteiger partial charge >= 0.3 is 13.8 Å². The highest BCUT2D eigenvalue weighted by Gasteiger charge is 2.46. The first-order chi connectivity index (χ1) is 13.0. The van der Waals surface area contributed by atoms with Crippen LogP contribution in [0.25, 0.3) is 0 Å². The maximum Gasteiger partial charge on any atom is 0.469 e. The lowest BCUT2D eigenvalue weighted by atomic mass is 9.95. The third kappa shape index (κ3) is 4.65. The van der Waals surface area contributed by atoms with E-state index in [1.165, 1.54) is 11.5 Å². The molecule has 1 unspecified atom stereocenters. The summed E-state index contributed by atoms with van der Waals surface area (Å²) >= 11 is 0. The van der Waals surface area contributed by atoms with Gasteiger partial charge in [0, 0.05) is 17.7 Å². The molecule has 1 atom stereocenters. The predicted octanol–water partition coefficient (Wildman–Crippen LogP) is 1.82. The van der Waals surface area contributed by atoms with Crippen LogP contribution in [0.1, 0.15) is 31.4 Å². The lowest BCUT2D eigenvalue weighted by Crippen LogP contribution is -2.31. The van der Waals surface area contributed by atoms with Gasteiger partial charge in [0.25, 0.3) is 0 Å². The van der Waals surface area contributed by atoms with Gasteiger partial charge in [-0.05, 0) is 26.3 Å². The van der Waals surface area contributed by atoms with Gasteiger partial charge < -0.3 is 29.5 Å². The van der Waals surface area contributed by atoms with Crippen LogP contribution in [-0.4, -0.2) is 43.8 Å². The standard InChI is InChI=1S/C17H24NO9P/c1-4-6-17(10-25-16(21)11(2)3)13-12(9-26-17)14(19)18(15(13)20)7-5-8-27-28(22,23)24/h4,6,19-20H,2,5,7-10H2,1,3H3,(H2,22,23,24). The molecule has 1 aromatic heterocycles. The van der Waals surface area contributed by atoms with Gasteiger partial charge in [0.15, 0.2) is 11.5 Å². The summed E-state index contributed by atoms with van der Waals surface area (Å²) in [7, 11) is -4.59. The van der Waals surface area contributed by atoms with Crippen molar-refractivity contribution < 1.29 is 43.4 Å². The number of phosphoric ester groups is 1. The van der Waals surface area contributed by atoms with Crippen LogP contribution < -0.4 is 0 Å². The third-order valence-corrected chi connectivity index (χ3v) is 4.71. The molecule has 0 bridgehead atoms. The highest BCUT2D eigenvalue weighted by atomic mass is 31.2. The van der Waals surface area contributed by atoms with Crippen LogP contribution in [0.4, 0.5) is 0 Å². The summed E-state index contributed by atoms with van der Waals surface area (Å²) in [6.07, 6.45) is 3.41. The number of nitrogens with zero attached hydrogens (tertiary/aromatic N) is 1. The fourth-order valence-corrected chi connectivity index (χ4v) is 3.34. The summed E-state index contributed by atoms with van der Waals surface area (Å²) in [5.41, 5.74) is -0.445. The molecule has 4 N–H and O–H groups in total. The van der Waals surface area contributed by atoms with E-state index >= 15 is 0 Å². The summed E-state index contributed by atoms with van der Waals surface area (Å²) in [4.78, 5) is 29.2. The Balaban J connectivity index is 2.26. The molecule has 0 fully saturated rings. The van der Waals surface area contributed by atoms with Crippen molar-refractivity contribution >= 4 is 13.8 Å². The third-order valence-electron chi connectivity index (χ3n) is 4.19. The average molecular weight is 417 g/mol. The number of aromatic hydroxyl groups is 2. The van der Waals surface area contributed by atoms with Crippen molar-refractivity contribution in [2.24, 2.45) is 0 Å². The number of esters is 1. The van der Waals surface area contributed by atoms with Gasteiger partial charge in [-0.1, -0.05) is 12.7 Å². The molecule has 10 nitrogen and oxygen atoms in total. The van der Waals surface area contributed by atoms with Crippen LogP contribution in [0.3, 0.4) is 0 Å². The van der Waals surface area contributed by atoms with Crippen LogP contribution in [-0.2, 0) is 42.1 Å². The number of hydrogen-bond donors (Lipinski definition) is 4. The van der Waals surface area contributed by atoms with E-state index in [0.717, 1.165) is 0 Å². The molecule has 11 heteroatoms. The summed E-state index contributed by atoms with van der Waals surface area (Å²) in [6.45, 7) is 6.28. The highest BCUT2D eigenvalue weighted by Crippen LogP contribution is 2.49. The van der Waals surface area contributed by atoms with Gasteiger partial charge in [0.2, 0.25) is 5.88 Å². The summed E-state index contributed by atoms with van der Waals surface area (Å²) in [6, 6.07) is 0. The quantitative estimate of drug-likeness (QED) is 0.155. The maximum absolute atomic E-state index is 11.8. The van der Waals surface area contributed by atoms with Crippen LogP contribution in [0.15, 0.2) is 24.3 Å². The topological polar surface area (TPSA) is 148 Å². The fourth-order valence-electron chi connectivity index (χ4n) is 2.98. The Morgan fingerprint density at radius 2 is 2.07 bits per heavy atom. The van der Waals surface area contributed by atoms with Gasteiger partial charge in [-0.25, -0.2) is 9.36 Å². The van der Waals surface area contributed by atoms with E-state index in [9.17, 15) is 19.6 Å². The zero-order valence-corrected chi connectivity index (χ0v) is 16.5. The Morgan fingerprint density at radius 1 is 1.39 bits per heavy atom. The molecule has 0 aromatic carbocycles. The second-order valence-electron chi connectivity index (χ2n) is 6.36. The zero-order valence-electron chi connectivity index (χ0n) is 15.6. The van der Waals surface area contributed by atoms with Crippen LogP contribution in [0.2, 0.25) is 0 Å². The molecule has 0 saturated heterocycles. The Morgan fingerprint density at radius 3 is 2.64 bits per heavy atom. The molecule has 156 valence electrons. The molecule has 2 heterocycles. The van der Waals surface area contributed by atoms with Gasteiger partial charge in [-0.3, -0.25) is 9.09 Å². The average Bonchev–Trinajstić information content (AvgIpc) is 3.08. The summed E-state index contributed by atoms with van der Waals surface area (Å²) in [5.74, 6) is -1.13. The molecular formula is C17H24NO9P. The van der Waals surface area contributed by atoms with Gasteiger partial charge in [-0.15, -0.1) is 0 Å². The number of fused-ring (bicyclic) bond motifs is 1. The monoisotopic (exact) mass is 417 g/mol. The van der Waals surface area contributed by atoms with Crippen molar-refractivity contribution in [1.29, 1.82) is 0 Å². The van der Waals surface area contributed by atoms with Crippen LogP contribution in [0, 0.1) is 0 Å². The van der Waals surface area contributed by atoms with Crippen LogP contribution >= 0.6 is 7.82 Å². The first-order valence-electron chi connectivity index (χ1n) is 8.46. The lowest BCUT2D eigenvalue weighted by Gasteiger charge is -2.26. The minimum absolute atomic E-state index is 0.0182. The minimum Gasteiger partial charge on any atom is -0.494 e. The normalized spacial score (nSPS) is 19.1. The Bertz CT molecular complexity index is 838. The van der Waals surface area contributed by atoms with E-state index in [0.29, 0.717) is 5.56 Å². The molecule has 28 heavy (non-hydrogen) atoms. The summed E-state index contributed by atoms with van der Waals surface area (Å²) < 4.78 is 27.2. The van der Waals surface area contributed by atoms with Crippen molar-refractivity contribution in [3.8, 4) is 11.8 Å². The number of phosphoric acid groups is 1. The fraction of sp³-hybridized carbons (Fsp3) is 0.471. The molecule has 1 aliphatic rings. The molecule has 2 rings (SSSR count). The molecule has 1 aliphatic heterocycles. The number of hydrogen-bond acceptors (Lipinski definition) is 7. The number of carbonyl (C=O) groups is 1. The second-order valence-corrected chi connectivity index (χ2v) is 7.60. The molecule has 0 spiro atoms. The molecule has 0 saturated carbocycles. The van der Waals surface area contributed by atoms with E-state index in [1.807, 2.05) is 0 Å². The number of allylic oxidation sites excluding steroid dienone is 1. The molecule has 0 amide bonds.